The Bertz CT molecular complexity index is 2490. The van der Waals surface area contributed by atoms with Crippen molar-refractivity contribution < 1.29 is 86.8 Å². The van der Waals surface area contributed by atoms with Crippen LogP contribution in [0.15, 0.2) is 84.9 Å². The number of Topliss-reactive ketones (excluding diaryl/α,β-unsaturated/α-hetero) is 1. The molecule has 83 heavy (non-hydrogen) atoms. The van der Waals surface area contributed by atoms with Gasteiger partial charge in [0.15, 0.2) is 6.29 Å². The number of aldehydes is 1. The van der Waals surface area contributed by atoms with Crippen molar-refractivity contribution in [2.45, 2.75) is 101 Å². The molecule has 0 bridgehead atoms. The number of aliphatic hydroxyl groups is 3. The maximum absolute atomic E-state index is 13.0. The van der Waals surface area contributed by atoms with Gasteiger partial charge in [0.2, 0.25) is 11.7 Å². The van der Waals surface area contributed by atoms with Gasteiger partial charge in [-0.1, -0.05) is 55.0 Å². The molecule has 2 aliphatic heterocycles. The number of unbranched alkanes of at least 4 members (excludes halogenated alkanes) is 2. The van der Waals surface area contributed by atoms with E-state index in [2.05, 4.69) is 16.0 Å². The summed E-state index contributed by atoms with van der Waals surface area (Å²) in [6.45, 7) is 7.77. The first-order valence-electron chi connectivity index (χ1n) is 28.3. The van der Waals surface area contributed by atoms with E-state index in [1.807, 2.05) is 43.3 Å². The lowest BCUT2D eigenvalue weighted by atomic mass is 9.88. The Hall–Kier alpha value is -5.96. The van der Waals surface area contributed by atoms with E-state index in [4.69, 9.17) is 37.9 Å². The summed E-state index contributed by atoms with van der Waals surface area (Å²) in [6.07, 6.45) is 0.479. The standard InChI is InChI=1S/C60H82N4O18S/c1-43-15-16-48(39-52(43)80-36-35-79-34-33-78-32-31-77-30-29-76-28-27-75-25-9-14-49(67)13-7-4-8-24-64-53(70)21-22-54(64)71)59(74)61-23-38-83-37-10-26-81-60(42-65)40-50(68)55(63-44(2)66)57(82-60)56(72)51(69)41-62-58(73)47-19-17-46(18-20-47)45-11-5-3-6-12-45/h3,5-6,11-12,15-22,39,42,50-51,55-57,68-69,72H,4,7-10,13-14,23-38,40-41H2,1-2H3,(H,61,74)(H,62,73)(H,63,66)/t50-,51+,55+,56+,57+,60+/m0/s1. The van der Waals surface area contributed by atoms with Gasteiger partial charge in [0.1, 0.15) is 30.3 Å². The second-order valence-corrected chi connectivity index (χ2v) is 21.0. The maximum atomic E-state index is 13.0. The summed E-state index contributed by atoms with van der Waals surface area (Å²) in [4.78, 5) is 87.0. The first kappa shape index (κ1) is 67.8. The molecule has 0 radical (unpaired) electrons. The number of hydrogen-bond acceptors (Lipinski definition) is 19. The van der Waals surface area contributed by atoms with Crippen molar-refractivity contribution in [3.63, 3.8) is 0 Å². The average Bonchev–Trinajstić information content (AvgIpc) is 3.83. The lowest BCUT2D eigenvalue weighted by molar-refractivity contribution is -0.296. The van der Waals surface area contributed by atoms with E-state index in [1.54, 1.807) is 36.4 Å². The predicted octanol–water partition coefficient (Wildman–Crippen LogP) is 3.53. The van der Waals surface area contributed by atoms with E-state index in [1.165, 1.54) is 35.7 Å². The number of imide groups is 1. The van der Waals surface area contributed by atoms with E-state index in [9.17, 15) is 48.9 Å². The van der Waals surface area contributed by atoms with Gasteiger partial charge in [0.05, 0.1) is 84.3 Å². The number of thioether (sulfide) groups is 1. The van der Waals surface area contributed by atoms with Crippen molar-refractivity contribution in [3.8, 4) is 16.9 Å². The average molecular weight is 1180 g/mol. The molecule has 3 aromatic carbocycles. The lowest BCUT2D eigenvalue weighted by Crippen LogP contribution is -2.66. The van der Waals surface area contributed by atoms with Gasteiger partial charge >= 0.3 is 0 Å². The van der Waals surface area contributed by atoms with Crippen molar-refractivity contribution in [1.82, 2.24) is 20.9 Å². The number of rotatable bonds is 43. The third kappa shape index (κ3) is 24.7. The van der Waals surface area contributed by atoms with E-state index < -0.39 is 54.6 Å². The number of carbonyl (C=O) groups is 7. The topological polar surface area (TPSA) is 293 Å². The third-order valence-electron chi connectivity index (χ3n) is 13.3. The zero-order chi connectivity index (χ0) is 59.7. The summed E-state index contributed by atoms with van der Waals surface area (Å²) in [7, 11) is 0. The Morgan fingerprint density at radius 2 is 1.30 bits per heavy atom. The Balaban J connectivity index is 0.845. The fourth-order valence-electron chi connectivity index (χ4n) is 8.82. The summed E-state index contributed by atoms with van der Waals surface area (Å²) in [5.41, 5.74) is 3.51. The largest absolute Gasteiger partial charge is 0.491 e. The van der Waals surface area contributed by atoms with Gasteiger partial charge in [-0.25, -0.2) is 0 Å². The minimum Gasteiger partial charge on any atom is -0.491 e. The highest BCUT2D eigenvalue weighted by molar-refractivity contribution is 7.99. The number of ether oxygens (including phenoxy) is 8. The van der Waals surface area contributed by atoms with Crippen LogP contribution >= 0.6 is 11.8 Å². The highest BCUT2D eigenvalue weighted by Gasteiger charge is 2.51. The molecule has 5 rings (SSSR count). The van der Waals surface area contributed by atoms with Crippen LogP contribution in [0, 0.1) is 6.92 Å². The number of aliphatic hydroxyl groups excluding tert-OH is 3. The molecule has 0 saturated carbocycles. The van der Waals surface area contributed by atoms with Gasteiger partial charge in [-0.05, 0) is 79.3 Å². The molecule has 0 aliphatic carbocycles. The first-order valence-corrected chi connectivity index (χ1v) is 29.4. The van der Waals surface area contributed by atoms with Gasteiger partial charge in [0.25, 0.3) is 23.6 Å². The zero-order valence-corrected chi connectivity index (χ0v) is 48.4. The first-order chi connectivity index (χ1) is 40.2. The number of ketones is 1. The molecular formula is C60H82N4O18S. The normalized spacial score (nSPS) is 18.4. The van der Waals surface area contributed by atoms with Crippen molar-refractivity contribution >= 4 is 53.4 Å². The van der Waals surface area contributed by atoms with E-state index >= 15 is 0 Å². The number of aryl methyl sites for hydroxylation is 1. The van der Waals surface area contributed by atoms with Gasteiger partial charge < -0.3 is 69.2 Å². The van der Waals surface area contributed by atoms with Crippen LogP contribution in [-0.2, 0) is 57.1 Å². The molecular weight excluding hydrogens is 1100 g/mol. The number of nitrogens with zero attached hydrogens (tertiary/aromatic N) is 1. The molecule has 3 aromatic rings. The minimum absolute atomic E-state index is 0.0219. The van der Waals surface area contributed by atoms with Crippen molar-refractivity contribution in [1.29, 1.82) is 0 Å². The summed E-state index contributed by atoms with van der Waals surface area (Å²) in [6, 6.07) is 20.5. The second kappa shape index (κ2) is 38.1. The SMILES string of the molecule is CC(=O)N[C@H]1[C@H]([C@H](O)[C@H](O)CNC(=O)c2ccc(-c3ccccc3)cc2)O[C@](C=O)(OCCCSCCNC(=O)c2ccc(C)c(OCCOCCOCCOCCOCCOCCCC(=O)CCCCCN3C(=O)C=CC3=O)c2)C[C@@H]1O. The summed E-state index contributed by atoms with van der Waals surface area (Å²) >= 11 is 1.54. The van der Waals surface area contributed by atoms with Gasteiger partial charge in [0, 0.05) is 81.5 Å². The second-order valence-electron chi connectivity index (χ2n) is 19.8. The Labute approximate surface area is 489 Å². The predicted molar refractivity (Wildman–Crippen MR) is 308 cm³/mol. The summed E-state index contributed by atoms with van der Waals surface area (Å²) in [5.74, 6) is -1.98. The number of nitrogens with one attached hydrogen (secondary N) is 3. The van der Waals surface area contributed by atoms with Crippen LogP contribution < -0.4 is 20.7 Å². The van der Waals surface area contributed by atoms with Gasteiger partial charge in [-0.15, -0.1) is 0 Å². The van der Waals surface area contributed by atoms with Crippen molar-refractivity contribution in [2.75, 3.05) is 110 Å². The highest BCUT2D eigenvalue weighted by Crippen LogP contribution is 2.32. The van der Waals surface area contributed by atoms with Crippen LogP contribution in [0.25, 0.3) is 11.1 Å². The molecule has 2 aliphatic rings. The molecule has 23 heteroatoms. The monoisotopic (exact) mass is 1180 g/mol. The molecule has 22 nitrogen and oxygen atoms in total. The van der Waals surface area contributed by atoms with E-state index in [0.29, 0.717) is 146 Å². The molecule has 2 heterocycles. The fraction of sp³-hybridized carbons (Fsp3) is 0.550. The summed E-state index contributed by atoms with van der Waals surface area (Å²) in [5, 5.41) is 41.4. The van der Waals surface area contributed by atoms with Gasteiger partial charge in [-0.3, -0.25) is 38.5 Å². The quantitative estimate of drug-likeness (QED) is 0.0268. The Morgan fingerprint density at radius 1 is 0.711 bits per heavy atom. The van der Waals surface area contributed by atoms with Crippen LogP contribution in [0.5, 0.6) is 5.75 Å². The minimum atomic E-state index is -2.00. The third-order valence-corrected chi connectivity index (χ3v) is 14.4. The molecule has 1 fully saturated rings. The van der Waals surface area contributed by atoms with Crippen molar-refractivity contribution in [3.05, 3.63) is 102 Å². The molecule has 6 atom stereocenters. The van der Waals surface area contributed by atoms with Crippen LogP contribution in [-0.4, -0.2) is 208 Å². The lowest BCUT2D eigenvalue weighted by Gasteiger charge is -2.46. The number of amides is 5. The molecule has 1 saturated heterocycles. The van der Waals surface area contributed by atoms with Crippen LogP contribution in [0.3, 0.4) is 0 Å². The maximum Gasteiger partial charge on any atom is 0.253 e. The molecule has 0 spiro atoms. The van der Waals surface area contributed by atoms with E-state index in [-0.39, 0.29) is 43.1 Å². The molecule has 456 valence electrons. The Morgan fingerprint density at radius 3 is 1.94 bits per heavy atom. The number of carbonyl (C=O) groups excluding carboxylic acids is 7. The zero-order valence-electron chi connectivity index (χ0n) is 47.5. The van der Waals surface area contributed by atoms with E-state index in [0.717, 1.165) is 29.5 Å². The Kier molecular flexibility index (Phi) is 31.1. The smallest absolute Gasteiger partial charge is 0.253 e. The highest BCUT2D eigenvalue weighted by atomic mass is 32.2. The van der Waals surface area contributed by atoms with Crippen LogP contribution in [0.4, 0.5) is 0 Å². The molecule has 5 amide bonds. The molecule has 0 aromatic heterocycles. The summed E-state index contributed by atoms with van der Waals surface area (Å²) < 4.78 is 45.6. The van der Waals surface area contributed by atoms with Crippen molar-refractivity contribution in [2.24, 2.45) is 0 Å². The number of benzene rings is 3. The molecule has 0 unspecified atom stereocenters. The van der Waals surface area contributed by atoms with Crippen LogP contribution in [0.2, 0.25) is 0 Å². The number of hydrogen-bond donors (Lipinski definition) is 6. The molecule has 6 N–H and O–H groups in total. The van der Waals surface area contributed by atoms with Crippen LogP contribution in [0.1, 0.15) is 84.6 Å². The van der Waals surface area contributed by atoms with Gasteiger partial charge in [-0.2, -0.15) is 11.8 Å². The fourth-order valence-corrected chi connectivity index (χ4v) is 9.60.